The number of nitrogens with one attached hydrogen (secondary N) is 2. The van der Waals surface area contributed by atoms with Crippen molar-refractivity contribution in [2.45, 2.75) is 64.5 Å². The Labute approximate surface area is 161 Å². The van der Waals surface area contributed by atoms with Crippen LogP contribution in [0.15, 0.2) is 30.3 Å². The van der Waals surface area contributed by atoms with Crippen LogP contribution in [-0.4, -0.2) is 30.4 Å². The highest BCUT2D eigenvalue weighted by Gasteiger charge is 2.27. The highest BCUT2D eigenvalue weighted by Crippen LogP contribution is 2.26. The Kier molecular flexibility index (Phi) is 8.30. The summed E-state index contributed by atoms with van der Waals surface area (Å²) in [5.74, 6) is -0.656. The van der Waals surface area contributed by atoms with Gasteiger partial charge in [-0.2, -0.15) is 0 Å². The molecule has 1 aromatic carbocycles. The number of esters is 1. The Hall–Kier alpha value is -2.37. The molecular formula is C21H30N2O4. The van der Waals surface area contributed by atoms with E-state index in [-0.39, 0.29) is 12.5 Å². The molecule has 1 fully saturated rings. The molecule has 1 aliphatic carbocycles. The van der Waals surface area contributed by atoms with Crippen molar-refractivity contribution in [2.24, 2.45) is 5.92 Å². The SMILES string of the molecule is CCOC(=O)[C@H](C)NC(=O)[C@@H](NC(=O)CC1CCCCC1)c1ccccc1. The summed E-state index contributed by atoms with van der Waals surface area (Å²) in [5, 5.41) is 5.50. The van der Waals surface area contributed by atoms with Crippen LogP contribution in [0, 0.1) is 5.92 Å². The van der Waals surface area contributed by atoms with Crippen LogP contribution >= 0.6 is 0 Å². The molecule has 6 nitrogen and oxygen atoms in total. The minimum absolute atomic E-state index is 0.130. The third kappa shape index (κ3) is 6.70. The number of carbonyl (C=O) groups is 3. The maximum absolute atomic E-state index is 12.8. The average Bonchev–Trinajstić information content (AvgIpc) is 2.67. The Morgan fingerprint density at radius 3 is 2.37 bits per heavy atom. The highest BCUT2D eigenvalue weighted by molar-refractivity contribution is 5.91. The van der Waals surface area contributed by atoms with Crippen molar-refractivity contribution in [3.05, 3.63) is 35.9 Å². The first kappa shape index (κ1) is 20.9. The average molecular weight is 374 g/mol. The molecule has 1 aliphatic rings. The second-order valence-corrected chi connectivity index (χ2v) is 7.10. The fraction of sp³-hybridized carbons (Fsp3) is 0.571. The monoisotopic (exact) mass is 374 g/mol. The van der Waals surface area contributed by atoms with E-state index in [0.29, 0.717) is 17.9 Å². The minimum atomic E-state index is -0.834. The summed E-state index contributed by atoms with van der Waals surface area (Å²) in [6.07, 6.45) is 6.13. The number of carbonyl (C=O) groups excluding carboxylic acids is 3. The van der Waals surface area contributed by atoms with Gasteiger partial charge < -0.3 is 15.4 Å². The van der Waals surface area contributed by atoms with E-state index in [1.807, 2.05) is 18.2 Å². The molecule has 2 atom stereocenters. The maximum Gasteiger partial charge on any atom is 0.328 e. The van der Waals surface area contributed by atoms with Crippen molar-refractivity contribution < 1.29 is 19.1 Å². The topological polar surface area (TPSA) is 84.5 Å². The molecule has 0 spiro atoms. The molecule has 0 aliphatic heterocycles. The van der Waals surface area contributed by atoms with Crippen LogP contribution < -0.4 is 10.6 Å². The van der Waals surface area contributed by atoms with Gasteiger partial charge in [0.1, 0.15) is 12.1 Å². The first-order valence-electron chi connectivity index (χ1n) is 9.82. The molecule has 0 aromatic heterocycles. The zero-order chi connectivity index (χ0) is 19.6. The quantitative estimate of drug-likeness (QED) is 0.685. The van der Waals surface area contributed by atoms with Crippen molar-refractivity contribution in [1.82, 2.24) is 10.6 Å². The Balaban J connectivity index is 2.03. The molecule has 2 amide bonds. The van der Waals surface area contributed by atoms with Crippen LogP contribution in [0.25, 0.3) is 0 Å². The van der Waals surface area contributed by atoms with Crippen LogP contribution in [0.3, 0.4) is 0 Å². The zero-order valence-electron chi connectivity index (χ0n) is 16.2. The molecule has 1 aromatic rings. The van der Waals surface area contributed by atoms with Crippen molar-refractivity contribution >= 4 is 17.8 Å². The molecule has 148 valence electrons. The molecule has 1 saturated carbocycles. The Morgan fingerprint density at radius 2 is 1.74 bits per heavy atom. The van der Waals surface area contributed by atoms with E-state index in [9.17, 15) is 14.4 Å². The Bertz CT molecular complexity index is 626. The van der Waals surface area contributed by atoms with Gasteiger partial charge in [0.2, 0.25) is 11.8 Å². The molecule has 0 saturated heterocycles. The van der Waals surface area contributed by atoms with Crippen LogP contribution in [0.4, 0.5) is 0 Å². The molecule has 2 N–H and O–H groups in total. The molecule has 2 rings (SSSR count). The third-order valence-electron chi connectivity index (χ3n) is 4.90. The standard InChI is InChI=1S/C21H30N2O4/c1-3-27-21(26)15(2)22-20(25)19(17-12-8-5-9-13-17)23-18(24)14-16-10-6-4-7-11-16/h5,8-9,12-13,15-16,19H,3-4,6-7,10-11,14H2,1-2H3,(H,22,25)(H,23,24)/t15-,19-/m0/s1. The number of hydrogen-bond donors (Lipinski definition) is 2. The number of ether oxygens (including phenoxy) is 1. The Morgan fingerprint density at radius 1 is 1.07 bits per heavy atom. The van der Waals surface area contributed by atoms with Crippen LogP contribution in [0.1, 0.15) is 64.0 Å². The molecule has 0 bridgehead atoms. The van der Waals surface area contributed by atoms with Crippen molar-refractivity contribution in [3.8, 4) is 0 Å². The number of hydrogen-bond acceptors (Lipinski definition) is 4. The van der Waals surface area contributed by atoms with E-state index in [4.69, 9.17) is 4.74 Å². The molecule has 0 unspecified atom stereocenters. The molecule has 0 radical (unpaired) electrons. The summed E-state index contributed by atoms with van der Waals surface area (Å²) < 4.78 is 4.93. The summed E-state index contributed by atoms with van der Waals surface area (Å²) in [7, 11) is 0. The van der Waals surface area contributed by atoms with Gasteiger partial charge in [0.25, 0.3) is 0 Å². The number of rotatable bonds is 8. The van der Waals surface area contributed by atoms with E-state index < -0.39 is 24.0 Å². The second kappa shape index (κ2) is 10.7. The predicted molar refractivity (Wildman–Crippen MR) is 103 cm³/mol. The zero-order valence-corrected chi connectivity index (χ0v) is 16.2. The van der Waals surface area contributed by atoms with Gasteiger partial charge in [-0.25, -0.2) is 4.79 Å². The lowest BCUT2D eigenvalue weighted by Gasteiger charge is -2.24. The van der Waals surface area contributed by atoms with E-state index in [0.717, 1.165) is 25.7 Å². The van der Waals surface area contributed by atoms with Gasteiger partial charge in [-0.15, -0.1) is 0 Å². The summed E-state index contributed by atoms with van der Waals surface area (Å²) in [6.45, 7) is 3.53. The summed E-state index contributed by atoms with van der Waals surface area (Å²) in [4.78, 5) is 37.1. The summed E-state index contributed by atoms with van der Waals surface area (Å²) in [5.41, 5.74) is 0.683. The molecule has 0 heterocycles. The predicted octanol–water partition coefficient (Wildman–Crippen LogP) is 2.88. The largest absolute Gasteiger partial charge is 0.464 e. The van der Waals surface area contributed by atoms with Gasteiger partial charge in [-0.05, 0) is 38.2 Å². The van der Waals surface area contributed by atoms with E-state index >= 15 is 0 Å². The van der Waals surface area contributed by atoms with Crippen LogP contribution in [0.5, 0.6) is 0 Å². The van der Waals surface area contributed by atoms with Crippen LogP contribution in [0.2, 0.25) is 0 Å². The second-order valence-electron chi connectivity index (χ2n) is 7.10. The van der Waals surface area contributed by atoms with Gasteiger partial charge >= 0.3 is 5.97 Å². The highest BCUT2D eigenvalue weighted by atomic mass is 16.5. The fourth-order valence-corrected chi connectivity index (χ4v) is 3.44. The van der Waals surface area contributed by atoms with Gasteiger partial charge in [-0.1, -0.05) is 49.6 Å². The van der Waals surface area contributed by atoms with Crippen molar-refractivity contribution in [1.29, 1.82) is 0 Å². The first-order chi connectivity index (χ1) is 13.0. The summed E-state index contributed by atoms with van der Waals surface area (Å²) >= 11 is 0. The third-order valence-corrected chi connectivity index (χ3v) is 4.90. The van der Waals surface area contributed by atoms with Gasteiger partial charge in [0.05, 0.1) is 6.61 Å². The number of amides is 2. The lowest BCUT2D eigenvalue weighted by molar-refractivity contribution is -0.147. The van der Waals surface area contributed by atoms with E-state index in [1.165, 1.54) is 6.42 Å². The lowest BCUT2D eigenvalue weighted by atomic mass is 9.86. The van der Waals surface area contributed by atoms with Gasteiger partial charge in [0, 0.05) is 6.42 Å². The van der Waals surface area contributed by atoms with Crippen LogP contribution in [-0.2, 0) is 19.1 Å². The summed E-state index contributed by atoms with van der Waals surface area (Å²) in [6, 6.07) is 7.46. The normalized spacial score (nSPS) is 16.8. The maximum atomic E-state index is 12.8. The fourth-order valence-electron chi connectivity index (χ4n) is 3.44. The molecule has 27 heavy (non-hydrogen) atoms. The van der Waals surface area contributed by atoms with Gasteiger partial charge in [-0.3, -0.25) is 9.59 Å². The molecule has 6 heteroatoms. The number of benzene rings is 1. The van der Waals surface area contributed by atoms with E-state index in [2.05, 4.69) is 10.6 Å². The first-order valence-corrected chi connectivity index (χ1v) is 9.82. The smallest absolute Gasteiger partial charge is 0.328 e. The minimum Gasteiger partial charge on any atom is -0.464 e. The van der Waals surface area contributed by atoms with Crippen molar-refractivity contribution in [2.75, 3.05) is 6.61 Å². The van der Waals surface area contributed by atoms with Crippen molar-refractivity contribution in [3.63, 3.8) is 0 Å². The molecular weight excluding hydrogens is 344 g/mol. The lowest BCUT2D eigenvalue weighted by Crippen LogP contribution is -2.46. The van der Waals surface area contributed by atoms with Gasteiger partial charge in [0.15, 0.2) is 0 Å². The van der Waals surface area contributed by atoms with E-state index in [1.54, 1.807) is 26.0 Å².